The van der Waals surface area contributed by atoms with Gasteiger partial charge in [-0.3, -0.25) is 19.2 Å². The molecule has 0 aliphatic heterocycles. The highest BCUT2D eigenvalue weighted by Crippen LogP contribution is 2.03. The van der Waals surface area contributed by atoms with Gasteiger partial charge in [-0.05, 0) is 6.92 Å². The van der Waals surface area contributed by atoms with Gasteiger partial charge in [-0.25, -0.2) is 9.78 Å². The van der Waals surface area contributed by atoms with Gasteiger partial charge >= 0.3 is 5.97 Å². The summed E-state index contributed by atoms with van der Waals surface area (Å²) in [6, 6.07) is -5.94. The van der Waals surface area contributed by atoms with Crippen LogP contribution >= 0.6 is 0 Å². The maximum Gasteiger partial charge on any atom is 0.328 e. The van der Waals surface area contributed by atoms with Crippen LogP contribution in [0.1, 0.15) is 19.0 Å². The van der Waals surface area contributed by atoms with E-state index in [2.05, 4.69) is 20.6 Å². The summed E-state index contributed by atoms with van der Waals surface area (Å²) in [6.45, 7) is 0.343. The molecule has 0 saturated carbocycles. The number of carboxylic acids is 1. The van der Waals surface area contributed by atoms with Crippen molar-refractivity contribution in [1.29, 1.82) is 0 Å². The van der Waals surface area contributed by atoms with Gasteiger partial charge < -0.3 is 47.7 Å². The van der Waals surface area contributed by atoms with Crippen molar-refractivity contribution >= 4 is 29.6 Å². The molecule has 0 spiro atoms. The molecule has 0 bridgehead atoms. The third kappa shape index (κ3) is 8.29. The van der Waals surface area contributed by atoms with E-state index in [1.54, 1.807) is 0 Å². The van der Waals surface area contributed by atoms with Crippen molar-refractivity contribution in [1.82, 2.24) is 25.9 Å². The molecule has 0 aliphatic carbocycles. The van der Waals surface area contributed by atoms with Crippen molar-refractivity contribution in [2.75, 3.05) is 6.61 Å². The van der Waals surface area contributed by atoms with Gasteiger partial charge in [-0.15, -0.1) is 0 Å². The molecule has 0 aromatic carbocycles. The van der Waals surface area contributed by atoms with Crippen LogP contribution in [0.15, 0.2) is 12.5 Å². The number of amides is 4. The fourth-order valence-corrected chi connectivity index (χ4v) is 2.45. The van der Waals surface area contributed by atoms with Gasteiger partial charge in [0.05, 0.1) is 25.5 Å². The molecule has 11 N–H and O–H groups in total. The number of aliphatic hydroxyl groups excluding tert-OH is 2. The van der Waals surface area contributed by atoms with Crippen LogP contribution in [0.25, 0.3) is 0 Å². The molecule has 32 heavy (non-hydrogen) atoms. The largest absolute Gasteiger partial charge is 0.480 e. The maximum absolute atomic E-state index is 12.8. The van der Waals surface area contributed by atoms with Crippen LogP contribution in [0, 0.1) is 0 Å². The Morgan fingerprint density at radius 2 is 1.62 bits per heavy atom. The number of primary amides is 1. The highest BCUT2D eigenvalue weighted by molar-refractivity contribution is 5.96. The standard InChI is InChI=1S/C17H27N7O8/c1-7(26)13(19)16(30)23-9(2-8-4-20-6-21-8)14(28)22-10(3-12(18)27)15(29)24-11(5-25)17(31)32/h4,6-7,9-11,13,25-26H,2-3,5,19H2,1H3,(H2,18,27)(H,20,21)(H,22,28)(H,23,30)(H,24,29)(H,31,32). The van der Waals surface area contributed by atoms with Crippen molar-refractivity contribution in [3.63, 3.8) is 0 Å². The number of carboxylic acid groups (broad SMARTS) is 1. The molecular formula is C17H27N7O8. The zero-order chi connectivity index (χ0) is 24.4. The number of rotatable bonds is 13. The van der Waals surface area contributed by atoms with E-state index in [0.717, 1.165) is 0 Å². The zero-order valence-corrected chi connectivity index (χ0v) is 17.1. The summed E-state index contributed by atoms with van der Waals surface area (Å²) < 4.78 is 0. The first kappa shape index (κ1) is 26.5. The Hall–Kier alpha value is -3.56. The van der Waals surface area contributed by atoms with Gasteiger partial charge in [0.25, 0.3) is 0 Å². The van der Waals surface area contributed by atoms with E-state index in [9.17, 15) is 29.1 Å². The highest BCUT2D eigenvalue weighted by Gasteiger charge is 2.32. The number of aromatic nitrogens is 2. The van der Waals surface area contributed by atoms with Crippen molar-refractivity contribution in [3.05, 3.63) is 18.2 Å². The number of carbonyl (C=O) groups excluding carboxylic acids is 4. The van der Waals surface area contributed by atoms with E-state index < -0.39 is 72.9 Å². The van der Waals surface area contributed by atoms with Crippen molar-refractivity contribution < 1.29 is 39.3 Å². The molecule has 1 rings (SSSR count). The van der Waals surface area contributed by atoms with E-state index in [1.165, 1.54) is 19.4 Å². The number of nitrogens with one attached hydrogen (secondary N) is 4. The first-order valence-electron chi connectivity index (χ1n) is 9.40. The van der Waals surface area contributed by atoms with Crippen LogP contribution in [0.2, 0.25) is 0 Å². The zero-order valence-electron chi connectivity index (χ0n) is 17.1. The Morgan fingerprint density at radius 1 is 1.06 bits per heavy atom. The Labute approximate surface area is 181 Å². The molecule has 15 nitrogen and oxygen atoms in total. The van der Waals surface area contributed by atoms with Crippen molar-refractivity contribution in [2.45, 2.75) is 50.0 Å². The smallest absolute Gasteiger partial charge is 0.328 e. The number of H-pyrrole nitrogens is 1. The predicted molar refractivity (Wildman–Crippen MR) is 106 cm³/mol. The Kier molecular flexibility index (Phi) is 10.2. The summed E-state index contributed by atoms with van der Waals surface area (Å²) in [5, 5.41) is 34.0. The molecule has 1 aromatic rings. The summed E-state index contributed by atoms with van der Waals surface area (Å²) >= 11 is 0. The fourth-order valence-electron chi connectivity index (χ4n) is 2.45. The molecule has 0 saturated heterocycles. The average Bonchev–Trinajstić information content (AvgIpc) is 3.22. The number of aromatic amines is 1. The average molecular weight is 457 g/mol. The number of nitrogens with two attached hydrogens (primary N) is 2. The molecule has 4 amide bonds. The Bertz CT molecular complexity index is 814. The van der Waals surface area contributed by atoms with Gasteiger partial charge in [0, 0.05) is 18.3 Å². The lowest BCUT2D eigenvalue weighted by molar-refractivity contribution is -0.143. The fraction of sp³-hybridized carbons (Fsp3) is 0.529. The Balaban J connectivity index is 3.04. The van der Waals surface area contributed by atoms with Crippen LogP contribution in [-0.2, 0) is 30.4 Å². The highest BCUT2D eigenvalue weighted by atomic mass is 16.4. The minimum Gasteiger partial charge on any atom is -0.480 e. The SMILES string of the molecule is CC(O)C(N)C(=O)NC(Cc1cnc[nH]1)C(=O)NC(CC(N)=O)C(=O)NC(CO)C(=O)O. The second kappa shape index (κ2) is 12.3. The van der Waals surface area contributed by atoms with Crippen molar-refractivity contribution in [2.24, 2.45) is 11.5 Å². The molecule has 5 unspecified atom stereocenters. The number of aliphatic carboxylic acids is 1. The number of carbonyl (C=O) groups is 5. The van der Waals surface area contributed by atoms with E-state index >= 15 is 0 Å². The van der Waals surface area contributed by atoms with Gasteiger partial charge in [0.2, 0.25) is 23.6 Å². The van der Waals surface area contributed by atoms with Gasteiger partial charge in [-0.2, -0.15) is 0 Å². The number of hydrogen-bond acceptors (Lipinski definition) is 9. The lowest BCUT2D eigenvalue weighted by Crippen LogP contribution is -2.59. The molecule has 0 radical (unpaired) electrons. The molecule has 0 fully saturated rings. The monoisotopic (exact) mass is 457 g/mol. The molecule has 0 aliphatic rings. The van der Waals surface area contributed by atoms with Crippen LogP contribution in [0.3, 0.4) is 0 Å². The van der Waals surface area contributed by atoms with E-state index in [0.29, 0.717) is 5.69 Å². The topological polar surface area (TPSA) is 263 Å². The summed E-state index contributed by atoms with van der Waals surface area (Å²) in [7, 11) is 0. The molecule has 1 aromatic heterocycles. The van der Waals surface area contributed by atoms with Gasteiger partial charge in [0.15, 0.2) is 0 Å². The quantitative estimate of drug-likeness (QED) is 0.136. The molecule has 15 heteroatoms. The number of imidazole rings is 1. The molecule has 178 valence electrons. The number of nitrogens with zero attached hydrogens (tertiary/aromatic N) is 1. The molecular weight excluding hydrogens is 430 g/mol. The second-order valence-electron chi connectivity index (χ2n) is 6.92. The van der Waals surface area contributed by atoms with Crippen LogP contribution in [0.5, 0.6) is 0 Å². The van der Waals surface area contributed by atoms with Gasteiger partial charge in [-0.1, -0.05) is 0 Å². The van der Waals surface area contributed by atoms with Gasteiger partial charge in [0.1, 0.15) is 24.2 Å². The Morgan fingerprint density at radius 3 is 2.09 bits per heavy atom. The van der Waals surface area contributed by atoms with Crippen LogP contribution < -0.4 is 27.4 Å². The molecule has 5 atom stereocenters. The lowest BCUT2D eigenvalue weighted by atomic mass is 10.1. The minimum absolute atomic E-state index is 0.122. The lowest BCUT2D eigenvalue weighted by Gasteiger charge is -2.24. The maximum atomic E-state index is 12.8. The van der Waals surface area contributed by atoms with E-state index in [4.69, 9.17) is 21.7 Å². The summed E-state index contributed by atoms with van der Waals surface area (Å²) in [5.74, 6) is -5.40. The second-order valence-corrected chi connectivity index (χ2v) is 6.92. The summed E-state index contributed by atoms with van der Waals surface area (Å²) in [4.78, 5) is 66.3. The first-order valence-corrected chi connectivity index (χ1v) is 9.40. The minimum atomic E-state index is -1.68. The van der Waals surface area contributed by atoms with E-state index in [-0.39, 0.29) is 6.42 Å². The predicted octanol–water partition coefficient (Wildman–Crippen LogP) is -4.93. The normalized spacial score (nSPS) is 15.5. The summed E-state index contributed by atoms with van der Waals surface area (Å²) in [5.41, 5.74) is 11.1. The third-order valence-corrected chi connectivity index (χ3v) is 4.27. The van der Waals surface area contributed by atoms with E-state index in [1.807, 2.05) is 5.32 Å². The molecule has 1 heterocycles. The van der Waals surface area contributed by atoms with Crippen LogP contribution in [-0.4, -0.2) is 91.8 Å². The number of hydrogen-bond donors (Lipinski definition) is 9. The first-order chi connectivity index (χ1) is 15.0. The summed E-state index contributed by atoms with van der Waals surface area (Å²) in [6.07, 6.45) is 0.688. The number of aliphatic hydroxyl groups is 2. The van der Waals surface area contributed by atoms with Crippen molar-refractivity contribution in [3.8, 4) is 0 Å². The third-order valence-electron chi connectivity index (χ3n) is 4.27. The van der Waals surface area contributed by atoms with Crippen LogP contribution in [0.4, 0.5) is 0 Å².